The smallest absolute Gasteiger partial charge is 0.239 e. The Balaban J connectivity index is 1.79. The number of nitrogens with one attached hydrogen (secondary N) is 3. The van der Waals surface area contributed by atoms with Gasteiger partial charge in [0.2, 0.25) is 11.9 Å². The second-order valence-corrected chi connectivity index (χ2v) is 4.75. The van der Waals surface area contributed by atoms with E-state index in [4.69, 9.17) is 5.84 Å². The maximum absolute atomic E-state index is 11.7. The van der Waals surface area contributed by atoms with Crippen molar-refractivity contribution in [1.29, 1.82) is 0 Å². The lowest BCUT2D eigenvalue weighted by atomic mass is 10.2. The number of para-hydroxylation sites is 1. The SMILES string of the molecule is NNc1nc(NCC(=O)NC2CC2)c2ccccc2n1. The maximum atomic E-state index is 11.7. The van der Waals surface area contributed by atoms with Crippen LogP contribution >= 0.6 is 0 Å². The van der Waals surface area contributed by atoms with Gasteiger partial charge in [0.1, 0.15) is 5.82 Å². The largest absolute Gasteiger partial charge is 0.360 e. The van der Waals surface area contributed by atoms with Crippen molar-refractivity contribution in [3.8, 4) is 0 Å². The van der Waals surface area contributed by atoms with Crippen LogP contribution < -0.4 is 21.9 Å². The Kier molecular flexibility index (Phi) is 3.34. The molecule has 20 heavy (non-hydrogen) atoms. The molecule has 0 spiro atoms. The molecule has 1 amide bonds. The molecule has 7 heteroatoms. The van der Waals surface area contributed by atoms with Gasteiger partial charge in [-0.3, -0.25) is 10.2 Å². The van der Waals surface area contributed by atoms with Crippen molar-refractivity contribution >= 4 is 28.6 Å². The number of nitrogens with zero attached hydrogens (tertiary/aromatic N) is 2. The summed E-state index contributed by atoms with van der Waals surface area (Å²) < 4.78 is 0. The molecule has 104 valence electrons. The fourth-order valence-electron chi connectivity index (χ4n) is 1.95. The van der Waals surface area contributed by atoms with Gasteiger partial charge >= 0.3 is 0 Å². The lowest BCUT2D eigenvalue weighted by Crippen LogP contribution is -2.31. The van der Waals surface area contributed by atoms with Crippen LogP contribution in [0.1, 0.15) is 12.8 Å². The van der Waals surface area contributed by atoms with Gasteiger partial charge in [0, 0.05) is 11.4 Å². The van der Waals surface area contributed by atoms with Crippen LogP contribution in [0.15, 0.2) is 24.3 Å². The molecule has 0 atom stereocenters. The van der Waals surface area contributed by atoms with E-state index in [-0.39, 0.29) is 12.5 Å². The lowest BCUT2D eigenvalue weighted by molar-refractivity contribution is -0.119. The summed E-state index contributed by atoms with van der Waals surface area (Å²) in [6.07, 6.45) is 2.15. The van der Waals surface area contributed by atoms with E-state index in [1.165, 1.54) is 0 Å². The first kappa shape index (κ1) is 12.6. The molecule has 0 unspecified atom stereocenters. The van der Waals surface area contributed by atoms with Crippen molar-refractivity contribution < 1.29 is 4.79 Å². The minimum absolute atomic E-state index is 0.0301. The van der Waals surface area contributed by atoms with Crippen LogP contribution in [0, 0.1) is 0 Å². The monoisotopic (exact) mass is 272 g/mol. The summed E-state index contributed by atoms with van der Waals surface area (Å²) in [5.74, 6) is 6.23. The summed E-state index contributed by atoms with van der Waals surface area (Å²) in [6, 6.07) is 7.91. The molecule has 1 aromatic heterocycles. The summed E-state index contributed by atoms with van der Waals surface area (Å²) in [5, 5.41) is 6.80. The summed E-state index contributed by atoms with van der Waals surface area (Å²) in [5.41, 5.74) is 3.19. The van der Waals surface area contributed by atoms with Crippen molar-refractivity contribution in [2.24, 2.45) is 5.84 Å². The molecule has 1 aliphatic carbocycles. The number of hydrogen-bond donors (Lipinski definition) is 4. The number of amides is 1. The quantitative estimate of drug-likeness (QED) is 0.469. The Labute approximate surface area is 115 Å². The van der Waals surface area contributed by atoms with E-state index >= 15 is 0 Å². The Bertz CT molecular complexity index is 640. The van der Waals surface area contributed by atoms with Crippen LogP contribution in [0.5, 0.6) is 0 Å². The van der Waals surface area contributed by atoms with Crippen LogP contribution in [0.25, 0.3) is 10.9 Å². The molecular formula is C13H16N6O. The van der Waals surface area contributed by atoms with Crippen LogP contribution in [0.3, 0.4) is 0 Å². The molecule has 7 nitrogen and oxygen atoms in total. The van der Waals surface area contributed by atoms with Gasteiger partial charge in [0.05, 0.1) is 12.1 Å². The predicted octanol–water partition coefficient (Wildman–Crippen LogP) is 0.606. The van der Waals surface area contributed by atoms with Gasteiger partial charge in [-0.2, -0.15) is 4.98 Å². The van der Waals surface area contributed by atoms with Crippen molar-refractivity contribution in [2.75, 3.05) is 17.3 Å². The van der Waals surface area contributed by atoms with E-state index in [1.54, 1.807) is 0 Å². The van der Waals surface area contributed by atoms with Crippen molar-refractivity contribution in [2.45, 2.75) is 18.9 Å². The van der Waals surface area contributed by atoms with Crippen LogP contribution in [0.2, 0.25) is 0 Å². The Morgan fingerprint density at radius 1 is 1.30 bits per heavy atom. The topological polar surface area (TPSA) is 105 Å². The Morgan fingerprint density at radius 3 is 2.85 bits per heavy atom. The van der Waals surface area contributed by atoms with E-state index < -0.39 is 0 Å². The minimum atomic E-state index is -0.0301. The average Bonchev–Trinajstić information content (AvgIpc) is 3.28. The second-order valence-electron chi connectivity index (χ2n) is 4.75. The van der Waals surface area contributed by atoms with Crippen LogP contribution in [-0.4, -0.2) is 28.5 Å². The Hall–Kier alpha value is -2.41. The molecule has 1 fully saturated rings. The van der Waals surface area contributed by atoms with Gasteiger partial charge in [-0.1, -0.05) is 12.1 Å². The molecule has 0 radical (unpaired) electrons. The normalized spacial score (nSPS) is 14.1. The Morgan fingerprint density at radius 2 is 2.10 bits per heavy atom. The van der Waals surface area contributed by atoms with Crippen LogP contribution in [-0.2, 0) is 4.79 Å². The third-order valence-electron chi connectivity index (χ3n) is 3.09. The van der Waals surface area contributed by atoms with Gasteiger partial charge in [0.25, 0.3) is 0 Å². The van der Waals surface area contributed by atoms with Crippen molar-refractivity contribution in [1.82, 2.24) is 15.3 Å². The number of nitrogens with two attached hydrogens (primary N) is 1. The number of hydrazine groups is 1. The van der Waals surface area contributed by atoms with Crippen molar-refractivity contribution in [3.05, 3.63) is 24.3 Å². The minimum Gasteiger partial charge on any atom is -0.360 e. The first-order valence-corrected chi connectivity index (χ1v) is 6.53. The zero-order chi connectivity index (χ0) is 13.9. The van der Waals surface area contributed by atoms with E-state index in [2.05, 4.69) is 26.0 Å². The van der Waals surface area contributed by atoms with E-state index in [0.29, 0.717) is 17.8 Å². The highest BCUT2D eigenvalue weighted by Gasteiger charge is 2.23. The molecule has 2 aromatic rings. The predicted molar refractivity (Wildman–Crippen MR) is 77.0 cm³/mol. The first-order chi connectivity index (χ1) is 9.76. The molecule has 1 heterocycles. The molecule has 1 aliphatic rings. The van der Waals surface area contributed by atoms with Gasteiger partial charge in [-0.15, -0.1) is 0 Å². The molecular weight excluding hydrogens is 256 g/mol. The van der Waals surface area contributed by atoms with Crippen molar-refractivity contribution in [3.63, 3.8) is 0 Å². The first-order valence-electron chi connectivity index (χ1n) is 6.53. The fourth-order valence-corrected chi connectivity index (χ4v) is 1.95. The van der Waals surface area contributed by atoms with Gasteiger partial charge in [0.15, 0.2) is 0 Å². The molecule has 5 N–H and O–H groups in total. The highest BCUT2D eigenvalue weighted by Crippen LogP contribution is 2.21. The molecule has 1 aromatic carbocycles. The average molecular weight is 272 g/mol. The zero-order valence-electron chi connectivity index (χ0n) is 10.9. The number of benzene rings is 1. The third kappa shape index (κ3) is 2.77. The third-order valence-corrected chi connectivity index (χ3v) is 3.09. The number of rotatable bonds is 5. The summed E-state index contributed by atoms with van der Waals surface area (Å²) in [7, 11) is 0. The van der Waals surface area contributed by atoms with Gasteiger partial charge in [-0.25, -0.2) is 10.8 Å². The maximum Gasteiger partial charge on any atom is 0.239 e. The highest BCUT2D eigenvalue weighted by molar-refractivity contribution is 5.91. The van der Waals surface area contributed by atoms with Gasteiger partial charge < -0.3 is 10.6 Å². The summed E-state index contributed by atoms with van der Waals surface area (Å²) in [6.45, 7) is 0.182. The molecule has 0 aliphatic heterocycles. The number of aromatic nitrogens is 2. The number of hydrogen-bond acceptors (Lipinski definition) is 6. The highest BCUT2D eigenvalue weighted by atomic mass is 16.2. The number of anilines is 2. The number of nitrogen functional groups attached to an aromatic ring is 1. The zero-order valence-corrected chi connectivity index (χ0v) is 10.9. The van der Waals surface area contributed by atoms with E-state index in [0.717, 1.165) is 23.7 Å². The van der Waals surface area contributed by atoms with Crippen LogP contribution in [0.4, 0.5) is 11.8 Å². The molecule has 3 rings (SSSR count). The standard InChI is InChI=1S/C13H16N6O/c14-19-13-17-10-4-2-1-3-9(10)12(18-13)15-7-11(20)16-8-5-6-8/h1-4,8H,5-7,14H2,(H,16,20)(H2,15,17,18,19). The van der Waals surface area contributed by atoms with E-state index in [1.807, 2.05) is 24.3 Å². The number of fused-ring (bicyclic) bond motifs is 1. The molecule has 0 bridgehead atoms. The lowest BCUT2D eigenvalue weighted by Gasteiger charge is -2.10. The van der Waals surface area contributed by atoms with E-state index in [9.17, 15) is 4.79 Å². The second kappa shape index (κ2) is 5.30. The molecule has 1 saturated carbocycles. The fraction of sp³-hybridized carbons (Fsp3) is 0.308. The number of carbonyl (C=O) groups is 1. The van der Waals surface area contributed by atoms with Gasteiger partial charge in [-0.05, 0) is 25.0 Å². The summed E-state index contributed by atoms with van der Waals surface area (Å²) >= 11 is 0. The number of carbonyl (C=O) groups excluding carboxylic acids is 1. The molecule has 0 saturated heterocycles. The summed E-state index contributed by atoms with van der Waals surface area (Å²) in [4.78, 5) is 20.2.